The van der Waals surface area contributed by atoms with E-state index in [1.165, 1.54) is 11.6 Å². The van der Waals surface area contributed by atoms with E-state index in [2.05, 4.69) is 19.9 Å². The summed E-state index contributed by atoms with van der Waals surface area (Å²) in [7, 11) is 0. The molecule has 0 unspecified atom stereocenters. The maximum atomic E-state index is 11.3. The van der Waals surface area contributed by atoms with E-state index in [1.54, 1.807) is 6.08 Å². The van der Waals surface area contributed by atoms with Crippen molar-refractivity contribution in [3.05, 3.63) is 71.9 Å². The number of aliphatic hydroxyl groups excluding tert-OH is 2. The van der Waals surface area contributed by atoms with Crippen LogP contribution in [-0.2, 0) is 14.3 Å². The van der Waals surface area contributed by atoms with Crippen molar-refractivity contribution in [1.82, 2.24) is 0 Å². The van der Waals surface area contributed by atoms with Gasteiger partial charge in [-0.3, -0.25) is 0 Å². The van der Waals surface area contributed by atoms with Crippen molar-refractivity contribution < 1.29 is 24.5 Å². The Kier molecular flexibility index (Phi) is 11.0. The molecule has 5 heteroatoms. The molecule has 2 aliphatic heterocycles. The smallest absolute Gasteiger partial charge is 0.331 e. The van der Waals surface area contributed by atoms with Gasteiger partial charge in [0.2, 0.25) is 0 Å². The third kappa shape index (κ3) is 9.28. The number of carbonyl (C=O) groups is 1. The van der Waals surface area contributed by atoms with Gasteiger partial charge in [-0.1, -0.05) is 73.6 Å². The highest BCUT2D eigenvalue weighted by Crippen LogP contribution is 2.28. The lowest BCUT2D eigenvalue weighted by Gasteiger charge is -2.38. The molecule has 0 saturated carbocycles. The van der Waals surface area contributed by atoms with E-state index >= 15 is 0 Å². The number of esters is 1. The molecule has 7 atom stereocenters. The molecule has 1 saturated heterocycles. The van der Waals surface area contributed by atoms with Crippen molar-refractivity contribution in [2.24, 2.45) is 11.8 Å². The van der Waals surface area contributed by atoms with Crippen LogP contribution in [-0.4, -0.2) is 46.7 Å². The van der Waals surface area contributed by atoms with Crippen molar-refractivity contribution in [3.63, 3.8) is 0 Å². The number of cyclic esters (lactones) is 1. The monoisotopic (exact) mass is 456 g/mol. The molecule has 0 bridgehead atoms. The number of ether oxygens (including phenoxy) is 2. The van der Waals surface area contributed by atoms with Crippen LogP contribution < -0.4 is 0 Å². The van der Waals surface area contributed by atoms with E-state index in [4.69, 9.17) is 9.47 Å². The summed E-state index contributed by atoms with van der Waals surface area (Å²) in [6.07, 6.45) is 18.9. The highest BCUT2D eigenvalue weighted by atomic mass is 16.5. The summed E-state index contributed by atoms with van der Waals surface area (Å²) in [6, 6.07) is 0. The minimum Gasteiger partial charge on any atom is -0.455 e. The molecule has 2 N–H and O–H groups in total. The Morgan fingerprint density at radius 3 is 2.76 bits per heavy atom. The molecule has 0 aromatic rings. The van der Waals surface area contributed by atoms with Crippen LogP contribution in [0.2, 0.25) is 0 Å². The molecule has 2 aliphatic rings. The first-order valence-corrected chi connectivity index (χ1v) is 11.9. The Bertz CT molecular complexity index is 816. The van der Waals surface area contributed by atoms with Crippen LogP contribution in [0, 0.1) is 11.8 Å². The molecule has 2 heterocycles. The van der Waals surface area contributed by atoms with E-state index < -0.39 is 18.3 Å². The van der Waals surface area contributed by atoms with Gasteiger partial charge < -0.3 is 19.7 Å². The molecular formula is C28H40O5. The quantitative estimate of drug-likeness (QED) is 0.291. The highest BCUT2D eigenvalue weighted by Gasteiger charge is 2.35. The molecule has 1 fully saturated rings. The van der Waals surface area contributed by atoms with Gasteiger partial charge in [-0.15, -0.1) is 0 Å². The van der Waals surface area contributed by atoms with Gasteiger partial charge in [-0.25, -0.2) is 4.79 Å². The summed E-state index contributed by atoms with van der Waals surface area (Å²) in [5, 5.41) is 20.8. The van der Waals surface area contributed by atoms with E-state index in [9.17, 15) is 15.0 Å². The number of hydrogen-bond acceptors (Lipinski definition) is 5. The summed E-state index contributed by atoms with van der Waals surface area (Å²) in [5.74, 6) is 0.0688. The van der Waals surface area contributed by atoms with E-state index in [1.807, 2.05) is 63.3 Å². The van der Waals surface area contributed by atoms with Crippen molar-refractivity contribution >= 4 is 5.97 Å². The average molecular weight is 457 g/mol. The van der Waals surface area contributed by atoms with Gasteiger partial charge >= 0.3 is 5.97 Å². The molecule has 0 radical (unpaired) electrons. The van der Waals surface area contributed by atoms with Crippen molar-refractivity contribution in [1.29, 1.82) is 0 Å². The number of rotatable bonds is 9. The maximum Gasteiger partial charge on any atom is 0.331 e. The lowest BCUT2D eigenvalue weighted by molar-refractivity contribution is -0.141. The van der Waals surface area contributed by atoms with Crippen molar-refractivity contribution in [2.45, 2.75) is 84.4 Å². The van der Waals surface area contributed by atoms with Crippen LogP contribution in [0.15, 0.2) is 71.9 Å². The molecule has 182 valence electrons. The summed E-state index contributed by atoms with van der Waals surface area (Å²) >= 11 is 0. The van der Waals surface area contributed by atoms with E-state index in [0.29, 0.717) is 18.8 Å². The minimum atomic E-state index is -0.766. The third-order valence-corrected chi connectivity index (χ3v) is 6.04. The average Bonchev–Trinajstić information content (AvgIpc) is 2.75. The van der Waals surface area contributed by atoms with Gasteiger partial charge in [0.05, 0.1) is 24.4 Å². The fourth-order valence-electron chi connectivity index (χ4n) is 4.19. The van der Waals surface area contributed by atoms with Crippen LogP contribution in [0.3, 0.4) is 0 Å². The van der Waals surface area contributed by atoms with Gasteiger partial charge in [0.25, 0.3) is 0 Å². The fraction of sp³-hybridized carbons (Fsp3) is 0.536. The summed E-state index contributed by atoms with van der Waals surface area (Å²) < 4.78 is 11.2. The molecule has 5 nitrogen and oxygen atoms in total. The zero-order valence-electron chi connectivity index (χ0n) is 20.6. The topological polar surface area (TPSA) is 76.0 Å². The van der Waals surface area contributed by atoms with Gasteiger partial charge in [-0.05, 0) is 39.2 Å². The Balaban J connectivity index is 1.85. The second-order valence-electron chi connectivity index (χ2n) is 9.28. The van der Waals surface area contributed by atoms with E-state index in [-0.39, 0.29) is 24.1 Å². The van der Waals surface area contributed by atoms with Crippen LogP contribution in [0.4, 0.5) is 0 Å². The number of aliphatic hydroxyl groups is 2. The van der Waals surface area contributed by atoms with Crippen molar-refractivity contribution in [2.75, 3.05) is 0 Å². The maximum absolute atomic E-state index is 11.3. The number of hydrogen-bond donors (Lipinski definition) is 2. The molecule has 0 aromatic carbocycles. The minimum absolute atomic E-state index is 0.0122. The predicted octanol–water partition coefficient (Wildman–Crippen LogP) is 4.98. The molecular weight excluding hydrogens is 416 g/mol. The SMILES string of the molecule is C/C=C/[C@@H]1O[C@H]([C@@H](O)/C=C/C=C(\C)C[C@@H](C)/C=C(C)\C=C\[C@@H]2CC=CC(=O)O2)C[C@@H](O)[C@@H]1C. The number of carbonyl (C=O) groups excluding carboxylic acids is 1. The van der Waals surface area contributed by atoms with Gasteiger partial charge in [-0.2, -0.15) is 0 Å². The lowest BCUT2D eigenvalue weighted by Crippen LogP contribution is -2.46. The second-order valence-corrected chi connectivity index (χ2v) is 9.28. The predicted molar refractivity (Wildman–Crippen MR) is 132 cm³/mol. The number of allylic oxidation sites excluding steroid dienone is 7. The first-order chi connectivity index (χ1) is 15.7. The molecule has 0 spiro atoms. The Morgan fingerprint density at radius 1 is 1.30 bits per heavy atom. The Labute approximate surface area is 198 Å². The highest BCUT2D eigenvalue weighted by molar-refractivity contribution is 5.82. The van der Waals surface area contributed by atoms with Crippen LogP contribution in [0.25, 0.3) is 0 Å². The van der Waals surface area contributed by atoms with Crippen LogP contribution >= 0.6 is 0 Å². The molecule has 2 rings (SSSR count). The van der Waals surface area contributed by atoms with E-state index in [0.717, 1.165) is 12.0 Å². The first kappa shape index (κ1) is 27.0. The summed E-state index contributed by atoms with van der Waals surface area (Å²) in [5.41, 5.74) is 2.33. The van der Waals surface area contributed by atoms with Gasteiger partial charge in [0, 0.05) is 24.8 Å². The van der Waals surface area contributed by atoms with Gasteiger partial charge in [0.1, 0.15) is 6.10 Å². The Hall–Kier alpha value is -2.21. The molecule has 0 aromatic heterocycles. The standard InChI is InChI=1S/C28H40O5/c1-6-9-26-22(5)25(30)18-27(33-26)24(29)12-7-10-19(2)16-21(4)17-20(3)14-15-23-11-8-13-28(31)32-23/h6-10,12-15,17,21-27,29-30H,11,16,18H2,1-5H3/b9-6+,12-7+,15-14+,19-10+,20-17-/t21-,22+,23+,24+,25-,26+,27+/m1/s1. The van der Waals surface area contributed by atoms with Crippen LogP contribution in [0.1, 0.15) is 53.9 Å². The molecule has 0 aliphatic carbocycles. The van der Waals surface area contributed by atoms with Crippen molar-refractivity contribution in [3.8, 4) is 0 Å². The van der Waals surface area contributed by atoms with Crippen LogP contribution in [0.5, 0.6) is 0 Å². The summed E-state index contributed by atoms with van der Waals surface area (Å²) in [4.78, 5) is 11.3. The molecule has 33 heavy (non-hydrogen) atoms. The fourth-order valence-corrected chi connectivity index (χ4v) is 4.19. The normalized spacial score (nSPS) is 31.5. The largest absolute Gasteiger partial charge is 0.455 e. The Morgan fingerprint density at radius 2 is 2.06 bits per heavy atom. The first-order valence-electron chi connectivity index (χ1n) is 11.9. The molecule has 0 amide bonds. The summed E-state index contributed by atoms with van der Waals surface area (Å²) in [6.45, 7) is 10.2. The zero-order chi connectivity index (χ0) is 24.4. The lowest BCUT2D eigenvalue weighted by atomic mass is 9.88. The second kappa shape index (κ2) is 13.5. The third-order valence-electron chi connectivity index (χ3n) is 6.04. The zero-order valence-corrected chi connectivity index (χ0v) is 20.6. The van der Waals surface area contributed by atoms with Gasteiger partial charge in [0.15, 0.2) is 0 Å².